The minimum atomic E-state index is -0.549. The van der Waals surface area contributed by atoms with Gasteiger partial charge in [-0.05, 0) is 40.3 Å². The summed E-state index contributed by atoms with van der Waals surface area (Å²) < 4.78 is 10.8. The van der Waals surface area contributed by atoms with Crippen molar-refractivity contribution < 1.29 is 19.1 Å². The van der Waals surface area contributed by atoms with Gasteiger partial charge < -0.3 is 14.4 Å². The standard InChI is InChI=1S/C18H28N2O4/c1-7-13-12-9-19(6)14(15(13)16(21)23-8-2)11-20(10-12)17(22)24-18(3,4)5/h7,12,14H,1,8-11H2,2-6H3. The number of ether oxygens (including phenoxy) is 2. The molecule has 6 nitrogen and oxygen atoms in total. The molecule has 0 saturated carbocycles. The second kappa shape index (κ2) is 6.97. The maximum atomic E-state index is 12.5. The lowest BCUT2D eigenvalue weighted by atomic mass is 9.87. The van der Waals surface area contributed by atoms with Crippen LogP contribution in [0.1, 0.15) is 27.7 Å². The van der Waals surface area contributed by atoms with E-state index in [1.807, 2.05) is 27.8 Å². The van der Waals surface area contributed by atoms with E-state index in [9.17, 15) is 9.59 Å². The summed E-state index contributed by atoms with van der Waals surface area (Å²) in [5.74, 6) is -0.293. The molecule has 3 aliphatic rings. The van der Waals surface area contributed by atoms with Crippen LogP contribution in [0.3, 0.4) is 0 Å². The topological polar surface area (TPSA) is 59.1 Å². The van der Waals surface area contributed by atoms with E-state index in [1.165, 1.54) is 0 Å². The van der Waals surface area contributed by atoms with Crippen LogP contribution in [0.5, 0.6) is 0 Å². The molecule has 0 aromatic carbocycles. The quantitative estimate of drug-likeness (QED) is 0.740. The predicted molar refractivity (Wildman–Crippen MR) is 91.6 cm³/mol. The van der Waals surface area contributed by atoms with Crippen molar-refractivity contribution in [2.24, 2.45) is 5.92 Å². The van der Waals surface area contributed by atoms with Gasteiger partial charge in [-0.3, -0.25) is 4.90 Å². The number of fused-ring (bicyclic) bond motifs is 3. The fourth-order valence-corrected chi connectivity index (χ4v) is 3.36. The van der Waals surface area contributed by atoms with Gasteiger partial charge in [0.25, 0.3) is 0 Å². The van der Waals surface area contributed by atoms with E-state index in [4.69, 9.17) is 9.47 Å². The lowest BCUT2D eigenvalue weighted by Gasteiger charge is -2.35. The monoisotopic (exact) mass is 336 g/mol. The zero-order valence-electron chi connectivity index (χ0n) is 15.3. The number of amides is 1. The molecule has 1 amide bonds. The molecular formula is C18H28N2O4. The van der Waals surface area contributed by atoms with Crippen molar-refractivity contribution in [3.05, 3.63) is 23.8 Å². The molecule has 2 atom stereocenters. The molecule has 0 aromatic heterocycles. The van der Waals surface area contributed by atoms with Gasteiger partial charge in [-0.15, -0.1) is 0 Å². The van der Waals surface area contributed by atoms with Crippen molar-refractivity contribution in [2.75, 3.05) is 33.3 Å². The Labute approximate surface area is 144 Å². The number of allylic oxidation sites excluding steroid dienone is 1. The van der Waals surface area contributed by atoms with Crippen LogP contribution < -0.4 is 0 Å². The minimum Gasteiger partial charge on any atom is -0.463 e. The molecule has 24 heavy (non-hydrogen) atoms. The Balaban J connectivity index is 2.32. The number of esters is 1. The molecule has 2 bridgehead atoms. The van der Waals surface area contributed by atoms with Gasteiger partial charge in [0, 0.05) is 25.6 Å². The highest BCUT2D eigenvalue weighted by molar-refractivity contribution is 5.92. The zero-order valence-corrected chi connectivity index (χ0v) is 15.3. The van der Waals surface area contributed by atoms with E-state index in [0.29, 0.717) is 25.3 Å². The molecule has 1 fully saturated rings. The molecule has 0 aromatic rings. The lowest BCUT2D eigenvalue weighted by molar-refractivity contribution is -0.139. The Morgan fingerprint density at radius 3 is 2.50 bits per heavy atom. The average Bonchev–Trinajstić information content (AvgIpc) is 2.72. The van der Waals surface area contributed by atoms with Crippen molar-refractivity contribution in [2.45, 2.75) is 39.3 Å². The molecule has 1 saturated heterocycles. The summed E-state index contributed by atoms with van der Waals surface area (Å²) in [6, 6.07) is -0.205. The SMILES string of the molecule is C=CC1=C(C(=O)OCC)C2CN(C(=O)OC(C)(C)C)CC1CN2C. The fourth-order valence-electron chi connectivity index (χ4n) is 3.36. The van der Waals surface area contributed by atoms with E-state index in [-0.39, 0.29) is 24.0 Å². The Hall–Kier alpha value is -1.82. The third kappa shape index (κ3) is 3.80. The first-order valence-electron chi connectivity index (χ1n) is 8.39. The number of rotatable bonds is 3. The first kappa shape index (κ1) is 18.5. The Morgan fingerprint density at radius 2 is 1.96 bits per heavy atom. The number of nitrogens with zero attached hydrogens (tertiary/aromatic N) is 2. The maximum absolute atomic E-state index is 12.5. The number of carbonyl (C=O) groups is 2. The van der Waals surface area contributed by atoms with Gasteiger partial charge in [0.05, 0.1) is 18.2 Å². The second-order valence-electron chi connectivity index (χ2n) is 7.33. The average molecular weight is 336 g/mol. The molecule has 134 valence electrons. The molecular weight excluding hydrogens is 308 g/mol. The predicted octanol–water partition coefficient (Wildman–Crippen LogP) is 2.21. The molecule has 0 aliphatic carbocycles. The Bertz CT molecular complexity index is 562. The second-order valence-corrected chi connectivity index (χ2v) is 7.33. The van der Waals surface area contributed by atoms with Crippen LogP contribution in [-0.2, 0) is 14.3 Å². The number of carbonyl (C=O) groups excluding carboxylic acids is 2. The molecule has 0 radical (unpaired) electrons. The van der Waals surface area contributed by atoms with Crippen LogP contribution in [0.25, 0.3) is 0 Å². The molecule has 3 aliphatic heterocycles. The van der Waals surface area contributed by atoms with Crippen LogP contribution in [0.2, 0.25) is 0 Å². The summed E-state index contributed by atoms with van der Waals surface area (Å²) in [7, 11) is 1.97. The van der Waals surface area contributed by atoms with E-state index in [2.05, 4.69) is 11.5 Å². The molecule has 0 spiro atoms. The number of hydrogen-bond donors (Lipinski definition) is 0. The Kier molecular flexibility index (Phi) is 5.38. The van der Waals surface area contributed by atoms with Crippen molar-refractivity contribution in [1.29, 1.82) is 0 Å². The van der Waals surface area contributed by atoms with Crippen molar-refractivity contribution in [3.8, 4) is 0 Å². The van der Waals surface area contributed by atoms with Gasteiger partial charge in [-0.1, -0.05) is 12.7 Å². The maximum Gasteiger partial charge on any atom is 0.410 e. The highest BCUT2D eigenvalue weighted by Gasteiger charge is 2.43. The zero-order chi connectivity index (χ0) is 18.1. The van der Waals surface area contributed by atoms with Crippen LogP contribution in [0.15, 0.2) is 23.8 Å². The highest BCUT2D eigenvalue weighted by Crippen LogP contribution is 2.34. The fraction of sp³-hybridized carbons (Fsp3) is 0.667. The van der Waals surface area contributed by atoms with Crippen molar-refractivity contribution in [1.82, 2.24) is 9.80 Å². The molecule has 3 heterocycles. The molecule has 2 unspecified atom stereocenters. The van der Waals surface area contributed by atoms with E-state index < -0.39 is 5.60 Å². The third-order valence-electron chi connectivity index (χ3n) is 4.33. The van der Waals surface area contributed by atoms with Crippen molar-refractivity contribution in [3.63, 3.8) is 0 Å². The molecule has 0 N–H and O–H groups in total. The van der Waals surface area contributed by atoms with Crippen LogP contribution in [0.4, 0.5) is 4.79 Å². The van der Waals surface area contributed by atoms with Crippen LogP contribution in [0, 0.1) is 5.92 Å². The van der Waals surface area contributed by atoms with Gasteiger partial charge in [-0.25, -0.2) is 9.59 Å². The summed E-state index contributed by atoms with van der Waals surface area (Å²) in [6.45, 7) is 13.2. The third-order valence-corrected chi connectivity index (χ3v) is 4.33. The van der Waals surface area contributed by atoms with E-state index in [0.717, 1.165) is 12.1 Å². The lowest BCUT2D eigenvalue weighted by Crippen LogP contribution is -2.46. The normalized spacial score (nSPS) is 24.6. The van der Waals surface area contributed by atoms with Crippen LogP contribution >= 0.6 is 0 Å². The summed E-state index contributed by atoms with van der Waals surface area (Å²) >= 11 is 0. The van der Waals surface area contributed by atoms with Gasteiger partial charge in [0.15, 0.2) is 0 Å². The van der Waals surface area contributed by atoms with E-state index in [1.54, 1.807) is 17.9 Å². The Morgan fingerprint density at radius 1 is 1.29 bits per heavy atom. The van der Waals surface area contributed by atoms with Crippen molar-refractivity contribution >= 4 is 12.1 Å². The summed E-state index contributed by atoms with van der Waals surface area (Å²) in [5, 5.41) is 0. The van der Waals surface area contributed by atoms with E-state index >= 15 is 0 Å². The first-order valence-corrected chi connectivity index (χ1v) is 8.39. The van der Waals surface area contributed by atoms with Crippen LogP contribution in [-0.4, -0.2) is 66.8 Å². The van der Waals surface area contributed by atoms with Gasteiger partial charge in [0.1, 0.15) is 5.60 Å². The minimum absolute atomic E-state index is 0.0261. The summed E-state index contributed by atoms with van der Waals surface area (Å²) in [4.78, 5) is 28.8. The summed E-state index contributed by atoms with van der Waals surface area (Å²) in [6.07, 6.45) is 1.39. The first-order chi connectivity index (χ1) is 11.2. The summed E-state index contributed by atoms with van der Waals surface area (Å²) in [5.41, 5.74) is 0.965. The van der Waals surface area contributed by atoms with Gasteiger partial charge in [0.2, 0.25) is 0 Å². The number of likely N-dealkylation sites (N-methyl/N-ethyl adjacent to an activating group) is 1. The largest absolute Gasteiger partial charge is 0.463 e. The highest BCUT2D eigenvalue weighted by atomic mass is 16.6. The smallest absolute Gasteiger partial charge is 0.410 e. The van der Waals surface area contributed by atoms with Gasteiger partial charge >= 0.3 is 12.1 Å². The molecule has 3 rings (SSSR count). The molecule has 6 heteroatoms. The van der Waals surface area contributed by atoms with Gasteiger partial charge in [-0.2, -0.15) is 0 Å². The number of hydrogen-bond acceptors (Lipinski definition) is 5.